The highest BCUT2D eigenvalue weighted by atomic mass is 32.1. The molecular formula is C23H22N4O3S. The standard InChI is InChI=1S/C23H22N4O3S/c1-14(2)24-20(29)13-30-18-5-3-4-15(12-18)22-26-19-10-11-31-21(19)23(27-22)25-16-6-8-17(28)9-7-16/h3-12,14,28H,13H2,1-2H3,(H,24,29)(H,25,26,27). The highest BCUT2D eigenvalue weighted by Gasteiger charge is 2.12. The monoisotopic (exact) mass is 434 g/mol. The Morgan fingerprint density at radius 2 is 1.94 bits per heavy atom. The summed E-state index contributed by atoms with van der Waals surface area (Å²) in [5.41, 5.74) is 2.42. The Kier molecular flexibility index (Phi) is 5.99. The number of phenols is 1. The quantitative estimate of drug-likeness (QED) is 0.365. The van der Waals surface area contributed by atoms with Crippen molar-refractivity contribution in [1.29, 1.82) is 0 Å². The minimum atomic E-state index is -0.170. The molecule has 0 radical (unpaired) electrons. The van der Waals surface area contributed by atoms with Crippen LogP contribution >= 0.6 is 11.3 Å². The third-order valence-electron chi connectivity index (χ3n) is 4.35. The number of ether oxygens (including phenoxy) is 1. The van der Waals surface area contributed by atoms with E-state index in [1.807, 2.05) is 43.5 Å². The fraction of sp³-hybridized carbons (Fsp3) is 0.174. The van der Waals surface area contributed by atoms with Crippen LogP contribution in [0, 0.1) is 0 Å². The van der Waals surface area contributed by atoms with E-state index in [1.54, 1.807) is 41.7 Å². The molecule has 2 aromatic heterocycles. The first-order chi connectivity index (χ1) is 15.0. The number of aromatic nitrogens is 2. The van der Waals surface area contributed by atoms with E-state index in [2.05, 4.69) is 15.6 Å². The van der Waals surface area contributed by atoms with Crippen molar-refractivity contribution in [3.05, 3.63) is 60.0 Å². The van der Waals surface area contributed by atoms with Crippen LogP contribution in [-0.4, -0.2) is 33.6 Å². The Balaban J connectivity index is 1.61. The van der Waals surface area contributed by atoms with Crippen LogP contribution in [0.15, 0.2) is 60.0 Å². The fourth-order valence-corrected chi connectivity index (χ4v) is 3.77. The smallest absolute Gasteiger partial charge is 0.258 e. The van der Waals surface area contributed by atoms with Crippen molar-refractivity contribution in [3.8, 4) is 22.9 Å². The lowest BCUT2D eigenvalue weighted by atomic mass is 10.2. The molecule has 31 heavy (non-hydrogen) atoms. The number of thiophene rings is 1. The summed E-state index contributed by atoms with van der Waals surface area (Å²) in [7, 11) is 0. The van der Waals surface area contributed by atoms with Crippen LogP contribution in [0.25, 0.3) is 21.6 Å². The molecule has 2 aromatic carbocycles. The van der Waals surface area contributed by atoms with E-state index >= 15 is 0 Å². The molecule has 0 saturated heterocycles. The number of nitrogens with zero attached hydrogens (tertiary/aromatic N) is 2. The summed E-state index contributed by atoms with van der Waals surface area (Å²) in [5.74, 6) is 1.83. The van der Waals surface area contributed by atoms with Gasteiger partial charge in [0, 0.05) is 17.3 Å². The van der Waals surface area contributed by atoms with Gasteiger partial charge in [0.05, 0.1) is 10.2 Å². The highest BCUT2D eigenvalue weighted by molar-refractivity contribution is 7.17. The summed E-state index contributed by atoms with van der Waals surface area (Å²) < 4.78 is 6.57. The molecule has 1 amide bonds. The Bertz CT molecular complexity index is 1210. The Hall–Kier alpha value is -3.65. The zero-order valence-electron chi connectivity index (χ0n) is 17.1. The van der Waals surface area contributed by atoms with Crippen LogP contribution < -0.4 is 15.4 Å². The van der Waals surface area contributed by atoms with Gasteiger partial charge in [-0.3, -0.25) is 4.79 Å². The highest BCUT2D eigenvalue weighted by Crippen LogP contribution is 2.32. The van der Waals surface area contributed by atoms with E-state index in [0.717, 1.165) is 21.5 Å². The molecule has 2 heterocycles. The SMILES string of the molecule is CC(C)NC(=O)COc1cccc(-c2nc(Nc3ccc(O)cc3)c3sccc3n2)c1. The molecule has 0 unspecified atom stereocenters. The lowest BCUT2D eigenvalue weighted by Gasteiger charge is -2.11. The molecule has 4 rings (SSSR count). The van der Waals surface area contributed by atoms with Gasteiger partial charge in [0.1, 0.15) is 11.5 Å². The number of phenolic OH excluding ortho intramolecular Hbond substituents is 1. The molecule has 0 bridgehead atoms. The predicted molar refractivity (Wildman–Crippen MR) is 123 cm³/mol. The molecule has 0 aliphatic rings. The number of benzene rings is 2. The molecule has 3 N–H and O–H groups in total. The van der Waals surface area contributed by atoms with Crippen LogP contribution in [-0.2, 0) is 4.79 Å². The van der Waals surface area contributed by atoms with E-state index in [4.69, 9.17) is 9.72 Å². The third kappa shape index (κ3) is 5.10. The van der Waals surface area contributed by atoms with E-state index in [9.17, 15) is 9.90 Å². The Morgan fingerprint density at radius 3 is 2.71 bits per heavy atom. The molecule has 4 aromatic rings. The summed E-state index contributed by atoms with van der Waals surface area (Å²) >= 11 is 1.55. The van der Waals surface area contributed by atoms with Gasteiger partial charge in [-0.05, 0) is 61.7 Å². The van der Waals surface area contributed by atoms with Crippen LogP contribution in [0.1, 0.15) is 13.8 Å². The number of hydrogen-bond acceptors (Lipinski definition) is 7. The fourth-order valence-electron chi connectivity index (χ4n) is 3.00. The Labute approximate surface area is 183 Å². The van der Waals surface area contributed by atoms with Crippen molar-refractivity contribution in [2.24, 2.45) is 0 Å². The summed E-state index contributed by atoms with van der Waals surface area (Å²) in [6.07, 6.45) is 0. The zero-order chi connectivity index (χ0) is 21.8. The minimum Gasteiger partial charge on any atom is -0.508 e. The van der Waals surface area contributed by atoms with Crippen LogP contribution in [0.4, 0.5) is 11.5 Å². The number of anilines is 2. The molecule has 7 nitrogen and oxygen atoms in total. The first-order valence-corrected chi connectivity index (χ1v) is 10.7. The molecule has 0 fully saturated rings. The number of nitrogens with one attached hydrogen (secondary N) is 2. The molecule has 0 aliphatic heterocycles. The second-order valence-electron chi connectivity index (χ2n) is 7.24. The Morgan fingerprint density at radius 1 is 1.13 bits per heavy atom. The van der Waals surface area contributed by atoms with Gasteiger partial charge < -0.3 is 20.5 Å². The number of fused-ring (bicyclic) bond motifs is 1. The summed E-state index contributed by atoms with van der Waals surface area (Å²) in [4.78, 5) is 21.3. The van der Waals surface area contributed by atoms with E-state index in [-0.39, 0.29) is 24.3 Å². The number of amides is 1. The molecule has 8 heteroatoms. The lowest BCUT2D eigenvalue weighted by molar-refractivity contribution is -0.123. The van der Waals surface area contributed by atoms with Crippen molar-refractivity contribution in [2.45, 2.75) is 19.9 Å². The van der Waals surface area contributed by atoms with Gasteiger partial charge in [0.2, 0.25) is 0 Å². The number of hydrogen-bond donors (Lipinski definition) is 3. The van der Waals surface area contributed by atoms with Crippen molar-refractivity contribution in [2.75, 3.05) is 11.9 Å². The maximum absolute atomic E-state index is 11.9. The van der Waals surface area contributed by atoms with Crippen LogP contribution in [0.2, 0.25) is 0 Å². The van der Waals surface area contributed by atoms with Gasteiger partial charge in [0.25, 0.3) is 5.91 Å². The molecule has 0 atom stereocenters. The molecule has 0 saturated carbocycles. The van der Waals surface area contributed by atoms with Crippen molar-refractivity contribution in [1.82, 2.24) is 15.3 Å². The minimum absolute atomic E-state index is 0.0558. The van der Waals surface area contributed by atoms with E-state index < -0.39 is 0 Å². The topological polar surface area (TPSA) is 96.4 Å². The second kappa shape index (κ2) is 9.01. The van der Waals surface area contributed by atoms with Crippen LogP contribution in [0.5, 0.6) is 11.5 Å². The van der Waals surface area contributed by atoms with Gasteiger partial charge in [-0.2, -0.15) is 0 Å². The van der Waals surface area contributed by atoms with Gasteiger partial charge in [-0.1, -0.05) is 12.1 Å². The summed E-state index contributed by atoms with van der Waals surface area (Å²) in [5, 5.41) is 17.6. The normalized spacial score (nSPS) is 10.9. The number of carbonyl (C=O) groups excluding carboxylic acids is 1. The third-order valence-corrected chi connectivity index (χ3v) is 5.26. The number of aromatic hydroxyl groups is 1. The molecular weight excluding hydrogens is 412 g/mol. The maximum Gasteiger partial charge on any atom is 0.258 e. The van der Waals surface area contributed by atoms with Crippen LogP contribution in [0.3, 0.4) is 0 Å². The molecule has 0 aliphatic carbocycles. The average Bonchev–Trinajstić information content (AvgIpc) is 3.23. The predicted octanol–water partition coefficient (Wildman–Crippen LogP) is 4.71. The van der Waals surface area contributed by atoms with E-state index in [1.165, 1.54) is 0 Å². The van der Waals surface area contributed by atoms with Gasteiger partial charge >= 0.3 is 0 Å². The van der Waals surface area contributed by atoms with Gasteiger partial charge in [-0.15, -0.1) is 11.3 Å². The van der Waals surface area contributed by atoms with E-state index in [0.29, 0.717) is 17.4 Å². The zero-order valence-corrected chi connectivity index (χ0v) is 17.9. The van der Waals surface area contributed by atoms with Crippen molar-refractivity contribution in [3.63, 3.8) is 0 Å². The second-order valence-corrected chi connectivity index (χ2v) is 8.16. The van der Waals surface area contributed by atoms with Gasteiger partial charge in [-0.25, -0.2) is 9.97 Å². The van der Waals surface area contributed by atoms with Gasteiger partial charge in [0.15, 0.2) is 18.2 Å². The van der Waals surface area contributed by atoms with Crippen molar-refractivity contribution >= 4 is 39.0 Å². The lowest BCUT2D eigenvalue weighted by Crippen LogP contribution is -2.34. The summed E-state index contributed by atoms with van der Waals surface area (Å²) in [6, 6.07) is 16.2. The maximum atomic E-state index is 11.9. The number of carbonyl (C=O) groups is 1. The largest absolute Gasteiger partial charge is 0.508 e. The van der Waals surface area contributed by atoms with Crippen molar-refractivity contribution < 1.29 is 14.6 Å². The first kappa shape index (κ1) is 20.6. The molecule has 0 spiro atoms. The first-order valence-electron chi connectivity index (χ1n) is 9.82. The average molecular weight is 435 g/mol. The summed E-state index contributed by atoms with van der Waals surface area (Å²) in [6.45, 7) is 3.75. The molecule has 158 valence electrons. The number of rotatable bonds is 7.